The molecule has 218 valence electrons. The first-order valence-corrected chi connectivity index (χ1v) is 14.4. The Kier molecular flexibility index (Phi) is 8.83. The lowest BCUT2D eigenvalue weighted by atomic mass is 9.62. The highest BCUT2D eigenvalue weighted by atomic mass is 35.5. The Bertz CT molecular complexity index is 1170. The molecule has 1 spiro atoms. The highest BCUT2D eigenvalue weighted by Gasteiger charge is 2.81. The number of fused-ring (bicyclic) bond motifs is 1. The van der Waals surface area contributed by atoms with Crippen molar-refractivity contribution in [2.24, 2.45) is 23.7 Å². The molecule has 7 atom stereocenters. The van der Waals surface area contributed by atoms with E-state index in [0.29, 0.717) is 30.0 Å². The second-order valence-corrected chi connectivity index (χ2v) is 12.1. The lowest BCUT2D eigenvalue weighted by Crippen LogP contribution is -2.60. The smallest absolute Gasteiger partial charge is 0.312 e. The van der Waals surface area contributed by atoms with Crippen LogP contribution in [0.15, 0.2) is 49.6 Å². The number of amides is 2. The van der Waals surface area contributed by atoms with Crippen LogP contribution in [0.25, 0.3) is 0 Å². The zero-order valence-corrected chi connectivity index (χ0v) is 24.6. The summed E-state index contributed by atoms with van der Waals surface area (Å²) in [4.78, 5) is 45.7. The van der Waals surface area contributed by atoms with Crippen LogP contribution in [0.2, 0.25) is 5.02 Å². The molecule has 3 fully saturated rings. The van der Waals surface area contributed by atoms with Gasteiger partial charge in [-0.25, -0.2) is 0 Å². The van der Waals surface area contributed by atoms with Gasteiger partial charge in [0.25, 0.3) is 5.91 Å². The number of para-hydroxylation sites is 1. The van der Waals surface area contributed by atoms with Crippen LogP contribution in [0.5, 0.6) is 0 Å². The van der Waals surface area contributed by atoms with E-state index in [-0.39, 0.29) is 43.4 Å². The minimum absolute atomic E-state index is 0.127. The molecule has 0 saturated carbocycles. The maximum atomic E-state index is 14.7. The number of aliphatic hydroxyl groups is 1. The van der Waals surface area contributed by atoms with E-state index in [4.69, 9.17) is 21.1 Å². The van der Waals surface area contributed by atoms with Crippen LogP contribution in [-0.4, -0.2) is 70.8 Å². The number of esters is 1. The average Bonchev–Trinajstić information content (AvgIpc) is 3.42. The molecule has 0 aromatic heterocycles. The van der Waals surface area contributed by atoms with E-state index in [1.54, 1.807) is 36.4 Å². The van der Waals surface area contributed by atoms with E-state index in [2.05, 4.69) is 13.2 Å². The number of hydrogen-bond donors (Lipinski definition) is 1. The van der Waals surface area contributed by atoms with Gasteiger partial charge in [0.2, 0.25) is 5.91 Å². The number of carbonyl (C=O) groups excluding carboxylic acids is 3. The Morgan fingerprint density at radius 1 is 1.30 bits per heavy atom. The van der Waals surface area contributed by atoms with Gasteiger partial charge in [-0.1, -0.05) is 56.7 Å². The van der Waals surface area contributed by atoms with Gasteiger partial charge in [-0.2, -0.15) is 0 Å². The Hall–Kier alpha value is -2.68. The Morgan fingerprint density at radius 3 is 2.60 bits per heavy atom. The first-order chi connectivity index (χ1) is 19.0. The number of benzene rings is 1. The maximum Gasteiger partial charge on any atom is 0.312 e. The molecule has 2 bridgehead atoms. The van der Waals surface area contributed by atoms with Gasteiger partial charge >= 0.3 is 5.97 Å². The fraction of sp³-hybridized carbons (Fsp3) is 0.581. The van der Waals surface area contributed by atoms with Crippen LogP contribution in [0.4, 0.5) is 5.69 Å². The summed E-state index contributed by atoms with van der Waals surface area (Å²) in [5.41, 5.74) is -1.77. The molecule has 9 heteroatoms. The normalized spacial score (nSPS) is 31.3. The summed E-state index contributed by atoms with van der Waals surface area (Å²) in [5.74, 6) is -3.34. The van der Waals surface area contributed by atoms with Gasteiger partial charge in [0, 0.05) is 6.54 Å². The molecule has 0 aliphatic carbocycles. The number of allylic oxidation sites excluding steroid dienone is 1. The first kappa shape index (κ1) is 30.3. The molecule has 4 rings (SSSR count). The summed E-state index contributed by atoms with van der Waals surface area (Å²) in [7, 11) is 0. The quantitative estimate of drug-likeness (QED) is 0.227. The van der Waals surface area contributed by atoms with Crippen molar-refractivity contribution in [3.63, 3.8) is 0 Å². The molecule has 40 heavy (non-hydrogen) atoms. The van der Waals surface area contributed by atoms with Gasteiger partial charge in [0.1, 0.15) is 17.6 Å². The number of likely N-dealkylation sites (tertiary alicyclic amines) is 1. The third-order valence-corrected chi connectivity index (χ3v) is 9.39. The van der Waals surface area contributed by atoms with Crippen LogP contribution in [0.1, 0.15) is 47.0 Å². The number of nitrogens with zero attached hydrogens (tertiary/aromatic N) is 2. The zero-order chi connectivity index (χ0) is 29.4. The minimum Gasteiger partial charge on any atom is -0.465 e. The molecule has 3 saturated heterocycles. The monoisotopic (exact) mass is 572 g/mol. The van der Waals surface area contributed by atoms with Crippen molar-refractivity contribution in [1.29, 1.82) is 0 Å². The number of ether oxygens (including phenoxy) is 2. The standard InChI is InChI=1S/C31H41ClN2O6/c1-7-9-12-16-39-29(38)25-24-27(36)34(23(18-35)19(3)4)26(31(24)17-20(5)30(25,6)40-31)28(37)33(15-8-2)22-14-11-10-13-21(22)32/h7-8,10-11,13-14,19-20,23-26,35H,1-2,9,12,15-18H2,3-6H3/t20?,23-,24-,25+,26?,30-,31?/m0/s1. The summed E-state index contributed by atoms with van der Waals surface area (Å²) >= 11 is 6.53. The Balaban J connectivity index is 1.84. The molecule has 2 amide bonds. The molecule has 3 aliphatic heterocycles. The van der Waals surface area contributed by atoms with E-state index < -0.39 is 41.1 Å². The number of aliphatic hydroxyl groups excluding tert-OH is 1. The molecule has 0 radical (unpaired) electrons. The van der Waals surface area contributed by atoms with Crippen molar-refractivity contribution in [3.05, 3.63) is 54.6 Å². The van der Waals surface area contributed by atoms with Crippen molar-refractivity contribution in [2.45, 2.75) is 70.2 Å². The third-order valence-electron chi connectivity index (χ3n) is 9.07. The second-order valence-electron chi connectivity index (χ2n) is 11.7. The number of rotatable bonds is 12. The van der Waals surface area contributed by atoms with Gasteiger partial charge in [-0.3, -0.25) is 14.4 Å². The molecular formula is C31H41ClN2O6. The second kappa shape index (κ2) is 11.7. The molecule has 3 heterocycles. The van der Waals surface area contributed by atoms with Crippen molar-refractivity contribution in [1.82, 2.24) is 4.90 Å². The van der Waals surface area contributed by atoms with Gasteiger partial charge in [0.05, 0.1) is 41.5 Å². The van der Waals surface area contributed by atoms with Crippen LogP contribution in [-0.2, 0) is 23.9 Å². The molecule has 1 aromatic rings. The number of carbonyl (C=O) groups is 3. The lowest BCUT2D eigenvalue weighted by Gasteiger charge is -2.40. The lowest BCUT2D eigenvalue weighted by molar-refractivity contribution is -0.162. The Morgan fingerprint density at radius 2 is 2.00 bits per heavy atom. The van der Waals surface area contributed by atoms with Crippen molar-refractivity contribution in [2.75, 3.05) is 24.7 Å². The predicted octanol–water partition coefficient (Wildman–Crippen LogP) is 4.40. The van der Waals surface area contributed by atoms with E-state index >= 15 is 0 Å². The van der Waals surface area contributed by atoms with Gasteiger partial charge in [0.15, 0.2) is 0 Å². The van der Waals surface area contributed by atoms with E-state index in [9.17, 15) is 19.5 Å². The van der Waals surface area contributed by atoms with Crippen molar-refractivity contribution < 1.29 is 29.0 Å². The molecular weight excluding hydrogens is 532 g/mol. The molecule has 1 aromatic carbocycles. The predicted molar refractivity (Wildman–Crippen MR) is 154 cm³/mol. The molecule has 3 aliphatic rings. The number of halogens is 1. The maximum absolute atomic E-state index is 14.7. The van der Waals surface area contributed by atoms with E-state index in [0.717, 1.165) is 0 Å². The fourth-order valence-corrected chi connectivity index (χ4v) is 7.27. The molecule has 8 nitrogen and oxygen atoms in total. The van der Waals surface area contributed by atoms with Crippen LogP contribution < -0.4 is 4.90 Å². The molecule has 1 N–H and O–H groups in total. The SMILES string of the molecule is C=CCCCOC(=O)[C@H]1[C@H]2C(=O)N([C@@H](CO)C(C)C)C(C(=O)N(CC=C)c3ccccc3Cl)C23CC(C)[C@]1(C)O3. The fourth-order valence-electron chi connectivity index (χ4n) is 7.04. The highest BCUT2D eigenvalue weighted by Crippen LogP contribution is 2.66. The zero-order valence-electron chi connectivity index (χ0n) is 23.8. The average molecular weight is 573 g/mol. The molecule has 3 unspecified atom stereocenters. The van der Waals surface area contributed by atoms with Gasteiger partial charge < -0.3 is 24.4 Å². The minimum atomic E-state index is -1.27. The van der Waals surface area contributed by atoms with Crippen molar-refractivity contribution in [3.8, 4) is 0 Å². The van der Waals surface area contributed by atoms with Crippen LogP contribution in [0.3, 0.4) is 0 Å². The third kappa shape index (κ3) is 4.68. The number of hydrogen-bond acceptors (Lipinski definition) is 6. The van der Waals surface area contributed by atoms with Gasteiger partial charge in [-0.15, -0.1) is 13.2 Å². The van der Waals surface area contributed by atoms with Crippen LogP contribution >= 0.6 is 11.6 Å². The number of anilines is 1. The Labute approximate surface area is 241 Å². The van der Waals surface area contributed by atoms with E-state index in [1.165, 1.54) is 9.80 Å². The summed E-state index contributed by atoms with van der Waals surface area (Å²) in [6.45, 7) is 15.2. The topological polar surface area (TPSA) is 96.4 Å². The first-order valence-electron chi connectivity index (χ1n) is 14.1. The summed E-state index contributed by atoms with van der Waals surface area (Å²) in [6.07, 6.45) is 5.10. The summed E-state index contributed by atoms with van der Waals surface area (Å²) in [5, 5.41) is 10.8. The largest absolute Gasteiger partial charge is 0.465 e. The highest BCUT2D eigenvalue weighted by molar-refractivity contribution is 6.34. The number of unbranched alkanes of at least 4 members (excludes halogenated alkanes) is 1. The van der Waals surface area contributed by atoms with Gasteiger partial charge in [-0.05, 0) is 50.2 Å². The summed E-state index contributed by atoms with van der Waals surface area (Å²) in [6, 6.07) is 5.26. The van der Waals surface area contributed by atoms with Crippen LogP contribution in [0, 0.1) is 23.7 Å². The van der Waals surface area contributed by atoms with E-state index in [1.807, 2.05) is 27.7 Å². The van der Waals surface area contributed by atoms with Crippen molar-refractivity contribution >= 4 is 35.1 Å². The summed E-state index contributed by atoms with van der Waals surface area (Å²) < 4.78 is 12.5.